The van der Waals surface area contributed by atoms with Crippen LogP contribution in [0, 0.1) is 0 Å². The van der Waals surface area contributed by atoms with Gasteiger partial charge in [-0.1, -0.05) is 13.0 Å². The van der Waals surface area contributed by atoms with Crippen LogP contribution in [0.4, 0.5) is 0 Å². The molecule has 0 aromatic heterocycles. The number of nitrogens with zero attached hydrogens (tertiary/aromatic N) is 2. The van der Waals surface area contributed by atoms with E-state index in [1.54, 1.807) is 0 Å². The number of hydrogen-bond donors (Lipinski definition) is 1. The second kappa shape index (κ2) is 6.17. The Morgan fingerprint density at radius 3 is 2.71 bits per heavy atom. The molecule has 1 aliphatic heterocycles. The number of aliphatic hydroxyl groups is 1. The van der Waals surface area contributed by atoms with Gasteiger partial charge in [0, 0.05) is 24.7 Å². The maximum absolute atomic E-state index is 12.2. The van der Waals surface area contributed by atoms with Gasteiger partial charge < -0.3 is 14.9 Å². The van der Waals surface area contributed by atoms with E-state index in [2.05, 4.69) is 4.90 Å². The maximum atomic E-state index is 12.2. The first-order chi connectivity index (χ1) is 7.95. The highest BCUT2D eigenvalue weighted by Gasteiger charge is 2.34. The molecule has 1 fully saturated rings. The van der Waals surface area contributed by atoms with E-state index in [-0.39, 0.29) is 18.1 Å². The average Bonchev–Trinajstić information content (AvgIpc) is 2.57. The van der Waals surface area contributed by atoms with Crippen molar-refractivity contribution in [3.05, 3.63) is 11.6 Å². The third kappa shape index (κ3) is 3.82. The lowest BCUT2D eigenvalue weighted by molar-refractivity contribution is -0.128. The van der Waals surface area contributed by atoms with Crippen LogP contribution in [0.2, 0.25) is 0 Å². The molecule has 0 saturated carbocycles. The summed E-state index contributed by atoms with van der Waals surface area (Å²) in [6, 6.07) is 0.132. The molecule has 0 bridgehead atoms. The number of carbonyl (C=O) groups is 1. The lowest BCUT2D eigenvalue weighted by Crippen LogP contribution is -2.41. The highest BCUT2D eigenvalue weighted by atomic mass is 16.3. The minimum Gasteiger partial charge on any atom is -0.391 e. The van der Waals surface area contributed by atoms with Gasteiger partial charge in [-0.25, -0.2) is 0 Å². The van der Waals surface area contributed by atoms with Gasteiger partial charge in [-0.15, -0.1) is 0 Å². The average molecular weight is 240 g/mol. The standard InChI is InChI=1S/C13H24N2O2/c1-5-6-10(2)13(17)15-9-12(16)7-11(15)8-14(3)4/h6,11-12,16H,5,7-9H2,1-4H3. The van der Waals surface area contributed by atoms with Crippen molar-refractivity contribution in [1.82, 2.24) is 9.80 Å². The maximum Gasteiger partial charge on any atom is 0.249 e. The molecule has 98 valence electrons. The number of hydrogen-bond acceptors (Lipinski definition) is 3. The minimum atomic E-state index is -0.377. The predicted molar refractivity (Wildman–Crippen MR) is 68.7 cm³/mol. The van der Waals surface area contributed by atoms with Crippen LogP contribution in [-0.2, 0) is 4.79 Å². The van der Waals surface area contributed by atoms with Crippen LogP contribution >= 0.6 is 0 Å². The van der Waals surface area contributed by atoms with Crippen LogP contribution in [0.5, 0.6) is 0 Å². The summed E-state index contributed by atoms with van der Waals surface area (Å²) in [7, 11) is 3.98. The molecule has 2 atom stereocenters. The Bertz CT molecular complexity index is 300. The van der Waals surface area contributed by atoms with Crippen molar-refractivity contribution < 1.29 is 9.90 Å². The Balaban J connectivity index is 2.73. The van der Waals surface area contributed by atoms with Crippen LogP contribution in [0.15, 0.2) is 11.6 Å². The summed E-state index contributed by atoms with van der Waals surface area (Å²) in [5, 5.41) is 9.71. The number of amides is 1. The third-order valence-electron chi connectivity index (χ3n) is 3.08. The summed E-state index contributed by atoms with van der Waals surface area (Å²) in [6.45, 7) is 5.14. The molecule has 1 amide bonds. The summed E-state index contributed by atoms with van der Waals surface area (Å²) < 4.78 is 0. The first-order valence-corrected chi connectivity index (χ1v) is 6.26. The fourth-order valence-electron chi connectivity index (χ4n) is 2.36. The van der Waals surface area contributed by atoms with Gasteiger partial charge in [0.15, 0.2) is 0 Å². The first-order valence-electron chi connectivity index (χ1n) is 6.26. The molecule has 0 aromatic rings. The molecule has 2 unspecified atom stereocenters. The summed E-state index contributed by atoms with van der Waals surface area (Å²) in [5.41, 5.74) is 0.783. The van der Waals surface area contributed by atoms with Crippen LogP contribution in [0.3, 0.4) is 0 Å². The number of likely N-dealkylation sites (N-methyl/N-ethyl adjacent to an activating group) is 1. The fraction of sp³-hybridized carbons (Fsp3) is 0.769. The van der Waals surface area contributed by atoms with E-state index in [1.807, 2.05) is 38.9 Å². The van der Waals surface area contributed by atoms with E-state index < -0.39 is 0 Å². The Hall–Kier alpha value is -0.870. The number of likely N-dealkylation sites (tertiary alicyclic amines) is 1. The summed E-state index contributed by atoms with van der Waals surface area (Å²) in [5.74, 6) is 0.0650. The smallest absolute Gasteiger partial charge is 0.249 e. The Kier molecular flexibility index (Phi) is 5.15. The molecule has 1 rings (SSSR count). The molecule has 1 heterocycles. The molecular weight excluding hydrogens is 216 g/mol. The molecule has 4 nitrogen and oxygen atoms in total. The zero-order valence-corrected chi connectivity index (χ0v) is 11.3. The number of carbonyl (C=O) groups excluding carboxylic acids is 1. The lowest BCUT2D eigenvalue weighted by Gasteiger charge is -2.27. The minimum absolute atomic E-state index is 0.0650. The van der Waals surface area contributed by atoms with Crippen LogP contribution in [-0.4, -0.2) is 60.1 Å². The molecule has 4 heteroatoms. The third-order valence-corrected chi connectivity index (χ3v) is 3.08. The van der Waals surface area contributed by atoms with E-state index in [0.29, 0.717) is 13.0 Å². The van der Waals surface area contributed by atoms with Crippen LogP contribution in [0.25, 0.3) is 0 Å². The molecule has 0 radical (unpaired) electrons. The number of rotatable bonds is 4. The molecule has 0 spiro atoms. The number of aliphatic hydroxyl groups excluding tert-OH is 1. The van der Waals surface area contributed by atoms with Crippen molar-refractivity contribution in [2.24, 2.45) is 0 Å². The molecule has 0 aliphatic carbocycles. The Labute approximate surface area is 104 Å². The SMILES string of the molecule is CCC=C(C)C(=O)N1CC(O)CC1CN(C)C. The van der Waals surface area contributed by atoms with Crippen molar-refractivity contribution in [1.29, 1.82) is 0 Å². The predicted octanol–water partition coefficient (Wildman–Crippen LogP) is 0.866. The van der Waals surface area contributed by atoms with Crippen molar-refractivity contribution >= 4 is 5.91 Å². The van der Waals surface area contributed by atoms with Crippen molar-refractivity contribution in [2.75, 3.05) is 27.2 Å². The monoisotopic (exact) mass is 240 g/mol. The van der Waals surface area contributed by atoms with Gasteiger partial charge >= 0.3 is 0 Å². The summed E-state index contributed by atoms with van der Waals surface area (Å²) in [4.78, 5) is 16.1. The zero-order chi connectivity index (χ0) is 13.0. The second-order valence-electron chi connectivity index (χ2n) is 5.06. The van der Waals surface area contributed by atoms with Crippen molar-refractivity contribution in [3.8, 4) is 0 Å². The van der Waals surface area contributed by atoms with E-state index in [4.69, 9.17) is 0 Å². The summed E-state index contributed by atoms with van der Waals surface area (Å²) >= 11 is 0. The van der Waals surface area contributed by atoms with E-state index in [0.717, 1.165) is 18.5 Å². The van der Waals surface area contributed by atoms with Gasteiger partial charge in [-0.2, -0.15) is 0 Å². The quantitative estimate of drug-likeness (QED) is 0.741. The second-order valence-corrected chi connectivity index (χ2v) is 5.06. The van der Waals surface area contributed by atoms with Gasteiger partial charge in [-0.3, -0.25) is 4.79 Å². The van der Waals surface area contributed by atoms with E-state index in [1.165, 1.54) is 0 Å². The zero-order valence-electron chi connectivity index (χ0n) is 11.3. The largest absolute Gasteiger partial charge is 0.391 e. The van der Waals surface area contributed by atoms with Gasteiger partial charge in [0.25, 0.3) is 0 Å². The topological polar surface area (TPSA) is 43.8 Å². The molecule has 0 aromatic carbocycles. The number of allylic oxidation sites excluding steroid dienone is 1. The molecule has 1 aliphatic rings. The van der Waals surface area contributed by atoms with Crippen LogP contribution in [0.1, 0.15) is 26.7 Å². The lowest BCUT2D eigenvalue weighted by atomic mass is 10.1. The normalized spacial score (nSPS) is 25.8. The Morgan fingerprint density at radius 1 is 1.53 bits per heavy atom. The van der Waals surface area contributed by atoms with E-state index >= 15 is 0 Å². The first kappa shape index (κ1) is 14.2. The molecule has 17 heavy (non-hydrogen) atoms. The van der Waals surface area contributed by atoms with Gasteiger partial charge in [0.1, 0.15) is 0 Å². The van der Waals surface area contributed by atoms with Gasteiger partial charge in [-0.05, 0) is 33.9 Å². The molecule has 1 N–H and O–H groups in total. The van der Waals surface area contributed by atoms with Crippen molar-refractivity contribution in [3.63, 3.8) is 0 Å². The Morgan fingerprint density at radius 2 is 2.18 bits per heavy atom. The fourth-order valence-corrected chi connectivity index (χ4v) is 2.36. The van der Waals surface area contributed by atoms with Crippen LogP contribution < -0.4 is 0 Å². The summed E-state index contributed by atoms with van der Waals surface area (Å²) in [6.07, 6.45) is 3.12. The highest BCUT2D eigenvalue weighted by Crippen LogP contribution is 2.20. The highest BCUT2D eigenvalue weighted by molar-refractivity contribution is 5.93. The number of β-amino-alcohol motifs (C(OH)–C–C–N with tert-alkyl or cyclic N) is 1. The van der Waals surface area contributed by atoms with Gasteiger partial charge in [0.2, 0.25) is 5.91 Å². The van der Waals surface area contributed by atoms with Gasteiger partial charge in [0.05, 0.1) is 6.10 Å². The molecular formula is C13H24N2O2. The van der Waals surface area contributed by atoms with E-state index in [9.17, 15) is 9.90 Å². The molecule has 1 saturated heterocycles. The van der Waals surface area contributed by atoms with Crippen molar-refractivity contribution in [2.45, 2.75) is 38.8 Å².